The maximum atomic E-state index is 12.1. The van der Waals surface area contributed by atoms with Crippen molar-refractivity contribution in [2.75, 3.05) is 0 Å². The lowest BCUT2D eigenvalue weighted by Crippen LogP contribution is -2.23. The van der Waals surface area contributed by atoms with Gasteiger partial charge >= 0.3 is 5.97 Å². The first-order valence-corrected chi connectivity index (χ1v) is 7.02. The molecule has 1 fully saturated rings. The van der Waals surface area contributed by atoms with Crippen LogP contribution in [0.25, 0.3) is 0 Å². The number of ether oxygens (including phenoxy) is 1. The lowest BCUT2D eigenvalue weighted by atomic mass is 9.89. The van der Waals surface area contributed by atoms with Crippen LogP contribution in [0.2, 0.25) is 0 Å². The number of hydrogen-bond donors (Lipinski definition) is 0. The number of carbonyl (C=O) groups is 2. The van der Waals surface area contributed by atoms with Gasteiger partial charge in [0.1, 0.15) is 5.75 Å². The Morgan fingerprint density at radius 3 is 2.53 bits per heavy atom. The molecule has 0 unspecified atom stereocenters. The Hall–Kier alpha value is -1.35. The van der Waals surface area contributed by atoms with Crippen molar-refractivity contribution in [3.05, 3.63) is 29.8 Å². The lowest BCUT2D eigenvalue weighted by molar-refractivity contribution is -0.140. The summed E-state index contributed by atoms with van der Waals surface area (Å²) in [6, 6.07) is 7.04. The van der Waals surface area contributed by atoms with E-state index in [0.29, 0.717) is 11.3 Å². The van der Waals surface area contributed by atoms with Crippen LogP contribution in [0.3, 0.4) is 0 Å². The summed E-state index contributed by atoms with van der Waals surface area (Å²) in [4.78, 5) is 23.0. The van der Waals surface area contributed by atoms with Gasteiger partial charge in [-0.15, -0.1) is 0 Å². The van der Waals surface area contributed by atoms with Crippen molar-refractivity contribution in [2.24, 2.45) is 5.92 Å². The van der Waals surface area contributed by atoms with Crippen molar-refractivity contribution in [3.8, 4) is 5.75 Å². The van der Waals surface area contributed by atoms with Gasteiger partial charge in [-0.1, -0.05) is 37.5 Å². The quantitative estimate of drug-likeness (QED) is 0.482. The largest absolute Gasteiger partial charge is 0.426 e. The van der Waals surface area contributed by atoms with Crippen LogP contribution in [0, 0.1) is 5.92 Å². The molecule has 102 valence electrons. The minimum absolute atomic E-state index is 0.00601. The summed E-state index contributed by atoms with van der Waals surface area (Å²) in [5, 5.41) is -0.457. The molecular weight excluding hydrogens is 264 g/mol. The van der Waals surface area contributed by atoms with Crippen molar-refractivity contribution < 1.29 is 14.3 Å². The average Bonchev–Trinajstić information content (AvgIpc) is 2.41. The van der Waals surface area contributed by atoms with E-state index < -0.39 is 5.24 Å². The maximum Gasteiger partial charge on any atom is 0.314 e. The molecule has 19 heavy (non-hydrogen) atoms. The Morgan fingerprint density at radius 2 is 1.84 bits per heavy atom. The van der Waals surface area contributed by atoms with Gasteiger partial charge in [0.2, 0.25) is 5.24 Å². The van der Waals surface area contributed by atoms with Gasteiger partial charge in [-0.25, -0.2) is 0 Å². The summed E-state index contributed by atoms with van der Waals surface area (Å²) in [5.41, 5.74) is 0.659. The highest BCUT2D eigenvalue weighted by atomic mass is 35.5. The normalized spacial score (nSPS) is 16.1. The Morgan fingerprint density at radius 1 is 1.16 bits per heavy atom. The van der Waals surface area contributed by atoms with E-state index in [1.165, 1.54) is 6.42 Å². The third kappa shape index (κ3) is 4.06. The van der Waals surface area contributed by atoms with Gasteiger partial charge in [-0.2, -0.15) is 0 Å². The van der Waals surface area contributed by atoms with Crippen LogP contribution in [0.4, 0.5) is 0 Å². The van der Waals surface area contributed by atoms with Gasteiger partial charge in [-0.05, 0) is 30.5 Å². The first-order chi connectivity index (χ1) is 9.16. The van der Waals surface area contributed by atoms with Crippen molar-refractivity contribution in [1.29, 1.82) is 0 Å². The lowest BCUT2D eigenvalue weighted by Gasteiger charge is -2.20. The maximum absolute atomic E-state index is 12.1. The molecule has 0 atom stereocenters. The fourth-order valence-electron chi connectivity index (χ4n) is 2.43. The van der Waals surface area contributed by atoms with Gasteiger partial charge < -0.3 is 4.74 Å². The van der Waals surface area contributed by atoms with E-state index in [4.69, 9.17) is 16.3 Å². The fraction of sp³-hybridized carbons (Fsp3) is 0.467. The number of halogens is 1. The molecule has 0 spiro atoms. The first-order valence-electron chi connectivity index (χ1n) is 6.65. The van der Waals surface area contributed by atoms with Crippen LogP contribution in [-0.2, 0) is 16.0 Å². The molecular formula is C15H17ClO3. The zero-order valence-corrected chi connectivity index (χ0v) is 11.5. The smallest absolute Gasteiger partial charge is 0.314 e. The zero-order valence-electron chi connectivity index (χ0n) is 10.7. The summed E-state index contributed by atoms with van der Waals surface area (Å²) in [6.45, 7) is 0. The van der Waals surface area contributed by atoms with E-state index in [9.17, 15) is 9.59 Å². The molecule has 1 aliphatic carbocycles. The predicted octanol–water partition coefficient (Wildman–Crippen LogP) is 3.48. The van der Waals surface area contributed by atoms with Crippen LogP contribution in [-0.4, -0.2) is 11.2 Å². The van der Waals surface area contributed by atoms with Gasteiger partial charge in [0.05, 0.1) is 12.3 Å². The van der Waals surface area contributed by atoms with Crippen LogP contribution < -0.4 is 4.74 Å². The summed E-state index contributed by atoms with van der Waals surface area (Å²) in [5.74, 6) is 0.259. The second kappa shape index (κ2) is 6.71. The van der Waals surface area contributed by atoms with E-state index in [1.54, 1.807) is 24.3 Å². The summed E-state index contributed by atoms with van der Waals surface area (Å²) in [7, 11) is 0. The molecule has 0 aromatic heterocycles. The van der Waals surface area contributed by atoms with Crippen LogP contribution in [0.1, 0.15) is 37.7 Å². The highest BCUT2D eigenvalue weighted by Gasteiger charge is 2.23. The number of hydrogen-bond acceptors (Lipinski definition) is 3. The topological polar surface area (TPSA) is 43.4 Å². The van der Waals surface area contributed by atoms with Crippen molar-refractivity contribution in [2.45, 2.75) is 38.5 Å². The van der Waals surface area contributed by atoms with E-state index >= 15 is 0 Å². The van der Waals surface area contributed by atoms with Gasteiger partial charge in [0.25, 0.3) is 0 Å². The third-order valence-corrected chi connectivity index (χ3v) is 3.58. The fourth-order valence-corrected chi connectivity index (χ4v) is 2.57. The molecule has 1 aliphatic rings. The Kier molecular flexibility index (Phi) is 4.97. The second-order valence-corrected chi connectivity index (χ2v) is 5.32. The molecule has 0 aliphatic heterocycles. The molecule has 3 nitrogen and oxygen atoms in total. The zero-order chi connectivity index (χ0) is 13.7. The SMILES string of the molecule is O=C(Cl)Cc1ccccc1OC(=O)C1CCCCC1. The Bertz CT molecular complexity index is 464. The van der Waals surface area contributed by atoms with Gasteiger partial charge in [0.15, 0.2) is 0 Å². The summed E-state index contributed by atoms with van der Waals surface area (Å²) in [6.07, 6.45) is 5.24. The molecule has 2 rings (SSSR count). The molecule has 0 amide bonds. The monoisotopic (exact) mass is 280 g/mol. The van der Waals surface area contributed by atoms with Crippen LogP contribution in [0.15, 0.2) is 24.3 Å². The number of rotatable bonds is 4. The summed E-state index contributed by atoms with van der Waals surface area (Å²) < 4.78 is 5.44. The molecule has 1 aromatic rings. The van der Waals surface area contributed by atoms with Gasteiger partial charge in [-0.3, -0.25) is 9.59 Å². The molecule has 0 bridgehead atoms. The number of para-hydroxylation sites is 1. The van der Waals surface area contributed by atoms with E-state index in [0.717, 1.165) is 25.7 Å². The van der Waals surface area contributed by atoms with Crippen molar-refractivity contribution in [3.63, 3.8) is 0 Å². The predicted molar refractivity (Wildman–Crippen MR) is 73.2 cm³/mol. The summed E-state index contributed by atoms with van der Waals surface area (Å²) >= 11 is 5.39. The van der Waals surface area contributed by atoms with Crippen molar-refractivity contribution in [1.82, 2.24) is 0 Å². The molecule has 0 N–H and O–H groups in total. The average molecular weight is 281 g/mol. The molecule has 1 aromatic carbocycles. The molecule has 0 saturated heterocycles. The van der Waals surface area contributed by atoms with E-state index in [1.807, 2.05) is 0 Å². The van der Waals surface area contributed by atoms with E-state index in [-0.39, 0.29) is 18.3 Å². The molecule has 1 saturated carbocycles. The Balaban J connectivity index is 2.05. The number of carbonyl (C=O) groups excluding carboxylic acids is 2. The molecule has 0 heterocycles. The van der Waals surface area contributed by atoms with Gasteiger partial charge in [0, 0.05) is 5.56 Å². The number of benzene rings is 1. The first kappa shape index (κ1) is 14.1. The highest BCUT2D eigenvalue weighted by Crippen LogP contribution is 2.27. The second-order valence-electron chi connectivity index (χ2n) is 4.90. The standard InChI is InChI=1S/C15H17ClO3/c16-14(17)10-12-8-4-5-9-13(12)19-15(18)11-6-2-1-3-7-11/h4-5,8-9,11H,1-3,6-7,10H2. The Labute approximate surface area is 117 Å². The number of esters is 1. The molecule has 4 heteroatoms. The minimum Gasteiger partial charge on any atom is -0.426 e. The van der Waals surface area contributed by atoms with Crippen molar-refractivity contribution >= 4 is 22.8 Å². The van der Waals surface area contributed by atoms with Crippen LogP contribution in [0.5, 0.6) is 5.75 Å². The van der Waals surface area contributed by atoms with E-state index in [2.05, 4.69) is 0 Å². The minimum atomic E-state index is -0.457. The molecule has 0 radical (unpaired) electrons. The van der Waals surface area contributed by atoms with Crippen LogP contribution >= 0.6 is 11.6 Å². The highest BCUT2D eigenvalue weighted by molar-refractivity contribution is 6.63. The third-order valence-electron chi connectivity index (χ3n) is 3.45.